The molecule has 1 atom stereocenters. The first-order chi connectivity index (χ1) is 5.20. The van der Waals surface area contributed by atoms with Gasteiger partial charge in [0.2, 0.25) is 0 Å². The van der Waals surface area contributed by atoms with Crippen molar-refractivity contribution in [2.45, 2.75) is 40.0 Å². The molecule has 0 saturated heterocycles. The minimum Gasteiger partial charge on any atom is -0.300 e. The van der Waals surface area contributed by atoms with Crippen molar-refractivity contribution < 1.29 is 4.79 Å². The fourth-order valence-corrected chi connectivity index (χ4v) is 1.28. The van der Waals surface area contributed by atoms with E-state index >= 15 is 0 Å². The number of Topliss-reactive ketones (excluding diaryl/α,β-unsaturated/α-hetero) is 1. The van der Waals surface area contributed by atoms with E-state index in [-0.39, 0.29) is 0 Å². The Kier molecular flexibility index (Phi) is 4.84. The van der Waals surface area contributed by atoms with E-state index in [1.54, 1.807) is 6.92 Å². The number of allylic oxidation sites excluding steroid dienone is 1. The molecule has 1 fully saturated rings. The second-order valence-corrected chi connectivity index (χ2v) is 2.80. The molecule has 1 unspecified atom stereocenters. The Balaban J connectivity index is 0.000000461. The van der Waals surface area contributed by atoms with Crippen LogP contribution in [0.5, 0.6) is 0 Å². The largest absolute Gasteiger partial charge is 0.300 e. The average Bonchev–Trinajstić information content (AvgIpc) is 2.40. The molecule has 1 nitrogen and oxygen atoms in total. The van der Waals surface area contributed by atoms with E-state index in [0.717, 1.165) is 19.3 Å². The van der Waals surface area contributed by atoms with Crippen molar-refractivity contribution in [3.8, 4) is 0 Å². The Morgan fingerprint density at radius 2 is 2.09 bits per heavy atom. The first kappa shape index (κ1) is 10.4. The topological polar surface area (TPSA) is 17.1 Å². The van der Waals surface area contributed by atoms with E-state index in [4.69, 9.17) is 0 Å². The van der Waals surface area contributed by atoms with Crippen LogP contribution in [0, 0.1) is 5.92 Å². The van der Waals surface area contributed by atoms with Gasteiger partial charge in [0.1, 0.15) is 5.78 Å². The maximum Gasteiger partial charge on any atom is 0.133 e. The smallest absolute Gasteiger partial charge is 0.133 e. The zero-order valence-corrected chi connectivity index (χ0v) is 7.81. The van der Waals surface area contributed by atoms with Gasteiger partial charge in [-0.15, -0.1) is 0 Å². The molecule has 0 N–H and O–H groups in total. The summed E-state index contributed by atoms with van der Waals surface area (Å²) in [6.45, 7) is 9.50. The van der Waals surface area contributed by atoms with Crippen molar-refractivity contribution in [1.29, 1.82) is 0 Å². The summed E-state index contributed by atoms with van der Waals surface area (Å²) in [5.41, 5.74) is 1.25. The van der Waals surface area contributed by atoms with E-state index in [9.17, 15) is 4.79 Å². The maximum absolute atomic E-state index is 10.8. The lowest BCUT2D eigenvalue weighted by Crippen LogP contribution is -2.04. The Morgan fingerprint density at radius 1 is 1.55 bits per heavy atom. The fraction of sp³-hybridized carbons (Fsp3) is 0.700. The first-order valence-electron chi connectivity index (χ1n) is 4.37. The fourth-order valence-electron chi connectivity index (χ4n) is 1.28. The molecule has 0 heterocycles. The van der Waals surface area contributed by atoms with Crippen LogP contribution in [0.1, 0.15) is 40.0 Å². The highest BCUT2D eigenvalue weighted by atomic mass is 16.1. The first-order valence-corrected chi connectivity index (χ1v) is 4.37. The maximum atomic E-state index is 10.8. The summed E-state index contributed by atoms with van der Waals surface area (Å²) >= 11 is 0. The van der Waals surface area contributed by atoms with Gasteiger partial charge in [0.05, 0.1) is 0 Å². The Labute approximate surface area is 69.5 Å². The molecule has 0 aromatic carbocycles. The molecular weight excluding hydrogens is 136 g/mol. The number of rotatable bonds is 1. The predicted octanol–water partition coefficient (Wildman–Crippen LogP) is 2.96. The molecule has 1 aliphatic carbocycles. The van der Waals surface area contributed by atoms with Gasteiger partial charge in [-0.2, -0.15) is 0 Å². The average molecular weight is 154 g/mol. The lowest BCUT2D eigenvalue weighted by molar-refractivity contribution is -0.120. The van der Waals surface area contributed by atoms with Gasteiger partial charge in [0.25, 0.3) is 0 Å². The summed E-state index contributed by atoms with van der Waals surface area (Å²) in [5, 5.41) is 0. The molecule has 0 aromatic rings. The molecule has 0 amide bonds. The standard InChI is InChI=1S/C8H12O.C2H6/c1-6-3-4-8(5-6)7(2)9;1-2/h8H,1,3-5H2,2H3;1-2H3. The van der Waals surface area contributed by atoms with Crippen molar-refractivity contribution in [2.75, 3.05) is 0 Å². The zero-order chi connectivity index (χ0) is 8.85. The van der Waals surface area contributed by atoms with Crippen molar-refractivity contribution in [3.05, 3.63) is 12.2 Å². The summed E-state index contributed by atoms with van der Waals surface area (Å²) in [6.07, 6.45) is 3.04. The van der Waals surface area contributed by atoms with Crippen LogP contribution in [0.25, 0.3) is 0 Å². The van der Waals surface area contributed by atoms with E-state index in [1.807, 2.05) is 13.8 Å². The Morgan fingerprint density at radius 3 is 2.27 bits per heavy atom. The Bertz CT molecular complexity index is 147. The number of hydrogen-bond acceptors (Lipinski definition) is 1. The molecule has 0 radical (unpaired) electrons. The number of hydrogen-bond donors (Lipinski definition) is 0. The third kappa shape index (κ3) is 3.35. The quantitative estimate of drug-likeness (QED) is 0.531. The highest BCUT2D eigenvalue weighted by Crippen LogP contribution is 2.28. The lowest BCUT2D eigenvalue weighted by Gasteiger charge is -1.99. The number of carbonyl (C=O) groups is 1. The van der Waals surface area contributed by atoms with Gasteiger partial charge in [0.15, 0.2) is 0 Å². The van der Waals surface area contributed by atoms with Crippen LogP contribution in [0.2, 0.25) is 0 Å². The molecule has 1 heteroatoms. The summed E-state index contributed by atoms with van der Waals surface area (Å²) in [5.74, 6) is 0.631. The van der Waals surface area contributed by atoms with Crippen LogP contribution < -0.4 is 0 Å². The summed E-state index contributed by atoms with van der Waals surface area (Å²) in [6, 6.07) is 0. The van der Waals surface area contributed by atoms with Gasteiger partial charge in [-0.3, -0.25) is 4.79 Å². The summed E-state index contributed by atoms with van der Waals surface area (Å²) in [4.78, 5) is 10.8. The SMILES string of the molecule is C=C1CCC(C(C)=O)C1.CC. The van der Waals surface area contributed by atoms with Gasteiger partial charge >= 0.3 is 0 Å². The van der Waals surface area contributed by atoms with Gasteiger partial charge in [0, 0.05) is 5.92 Å². The summed E-state index contributed by atoms with van der Waals surface area (Å²) in [7, 11) is 0. The molecule has 64 valence electrons. The molecule has 1 aliphatic rings. The van der Waals surface area contributed by atoms with Crippen molar-refractivity contribution in [3.63, 3.8) is 0 Å². The minimum absolute atomic E-state index is 0.303. The number of ketones is 1. The van der Waals surface area contributed by atoms with Crippen molar-refractivity contribution >= 4 is 5.78 Å². The molecule has 0 bridgehead atoms. The van der Waals surface area contributed by atoms with Crippen LogP contribution in [0.3, 0.4) is 0 Å². The van der Waals surface area contributed by atoms with Crippen LogP contribution in [0.15, 0.2) is 12.2 Å². The monoisotopic (exact) mass is 154 g/mol. The van der Waals surface area contributed by atoms with E-state index in [0.29, 0.717) is 11.7 Å². The van der Waals surface area contributed by atoms with E-state index < -0.39 is 0 Å². The molecule has 11 heavy (non-hydrogen) atoms. The normalized spacial score (nSPS) is 22.5. The van der Waals surface area contributed by atoms with Gasteiger partial charge in [-0.05, 0) is 26.2 Å². The number of carbonyl (C=O) groups excluding carboxylic acids is 1. The van der Waals surface area contributed by atoms with E-state index in [2.05, 4.69) is 6.58 Å². The van der Waals surface area contributed by atoms with Crippen LogP contribution >= 0.6 is 0 Å². The van der Waals surface area contributed by atoms with Crippen LogP contribution in [-0.2, 0) is 4.79 Å². The predicted molar refractivity (Wildman–Crippen MR) is 48.5 cm³/mol. The second-order valence-electron chi connectivity index (χ2n) is 2.80. The second kappa shape index (κ2) is 5.11. The van der Waals surface area contributed by atoms with Crippen molar-refractivity contribution in [2.24, 2.45) is 5.92 Å². The zero-order valence-electron chi connectivity index (χ0n) is 7.81. The van der Waals surface area contributed by atoms with Crippen LogP contribution in [0.4, 0.5) is 0 Å². The highest BCUT2D eigenvalue weighted by molar-refractivity contribution is 5.79. The third-order valence-electron chi connectivity index (χ3n) is 1.96. The summed E-state index contributed by atoms with van der Waals surface area (Å²) < 4.78 is 0. The molecule has 0 aromatic heterocycles. The van der Waals surface area contributed by atoms with Crippen molar-refractivity contribution in [1.82, 2.24) is 0 Å². The minimum atomic E-state index is 0.303. The highest BCUT2D eigenvalue weighted by Gasteiger charge is 2.21. The van der Waals surface area contributed by atoms with Gasteiger partial charge in [-0.25, -0.2) is 0 Å². The van der Waals surface area contributed by atoms with E-state index in [1.165, 1.54) is 5.57 Å². The molecule has 0 spiro atoms. The lowest BCUT2D eigenvalue weighted by atomic mass is 10.0. The molecule has 0 aliphatic heterocycles. The Hall–Kier alpha value is -0.590. The molecule has 1 saturated carbocycles. The van der Waals surface area contributed by atoms with Gasteiger partial charge < -0.3 is 0 Å². The van der Waals surface area contributed by atoms with Gasteiger partial charge in [-0.1, -0.05) is 26.0 Å². The molecular formula is C10H18O. The third-order valence-corrected chi connectivity index (χ3v) is 1.96. The van der Waals surface area contributed by atoms with Crippen LogP contribution in [-0.4, -0.2) is 5.78 Å². The molecule has 1 rings (SSSR count).